The number of fused-ring (bicyclic) bond motifs is 4. The molecule has 2 aromatic carbocycles. The molecule has 0 aliphatic carbocycles. The molecular formula is C24H27ClN2O4. The molecule has 0 aromatic heterocycles. The second-order valence-electron chi connectivity index (χ2n) is 9.12. The van der Waals surface area contributed by atoms with Gasteiger partial charge in [0.05, 0.1) is 13.7 Å². The zero-order chi connectivity index (χ0) is 21.1. The van der Waals surface area contributed by atoms with Gasteiger partial charge in [-0.3, -0.25) is 0 Å². The van der Waals surface area contributed by atoms with Crippen molar-refractivity contribution in [2.75, 3.05) is 33.4 Å². The molecule has 0 radical (unpaired) electrons. The summed E-state index contributed by atoms with van der Waals surface area (Å²) in [5, 5.41) is 7.86. The van der Waals surface area contributed by atoms with Crippen molar-refractivity contribution in [2.45, 2.75) is 42.2 Å². The predicted molar refractivity (Wildman–Crippen MR) is 117 cm³/mol. The number of ether oxygens (including phenoxy) is 4. The van der Waals surface area contributed by atoms with E-state index < -0.39 is 0 Å². The van der Waals surface area contributed by atoms with Gasteiger partial charge in [0.25, 0.3) is 0 Å². The van der Waals surface area contributed by atoms with Crippen molar-refractivity contribution in [3.63, 3.8) is 0 Å². The van der Waals surface area contributed by atoms with Gasteiger partial charge in [0, 0.05) is 30.2 Å². The first-order valence-corrected chi connectivity index (χ1v) is 11.3. The molecule has 31 heavy (non-hydrogen) atoms. The molecule has 4 fully saturated rings. The summed E-state index contributed by atoms with van der Waals surface area (Å²) >= 11 is 6.23. The minimum absolute atomic E-state index is 0.0421. The normalized spacial score (nSPS) is 35.6. The first-order valence-electron chi connectivity index (χ1n) is 11.0. The van der Waals surface area contributed by atoms with E-state index in [1.807, 2.05) is 24.3 Å². The number of nitrogens with one attached hydrogen (secondary N) is 2. The maximum absolute atomic E-state index is 6.54. The number of rotatable bonds is 6. The van der Waals surface area contributed by atoms with E-state index in [4.69, 9.17) is 30.5 Å². The van der Waals surface area contributed by atoms with Crippen LogP contribution in [0.3, 0.4) is 0 Å². The fourth-order valence-electron chi connectivity index (χ4n) is 5.62. The number of hydrogen-bond donors (Lipinski definition) is 2. The zero-order valence-electron chi connectivity index (χ0n) is 17.5. The molecule has 4 bridgehead atoms. The van der Waals surface area contributed by atoms with E-state index in [2.05, 4.69) is 28.8 Å². The molecule has 4 aliphatic rings. The van der Waals surface area contributed by atoms with E-state index >= 15 is 0 Å². The van der Waals surface area contributed by atoms with Gasteiger partial charge < -0.3 is 29.6 Å². The third kappa shape index (κ3) is 3.24. The smallest absolute Gasteiger partial charge is 0.161 e. The Morgan fingerprint density at radius 3 is 2.65 bits per heavy atom. The van der Waals surface area contributed by atoms with Crippen molar-refractivity contribution >= 4 is 11.6 Å². The molecule has 2 aromatic rings. The summed E-state index contributed by atoms with van der Waals surface area (Å²) in [5.41, 5.74) is 1.67. The molecule has 4 saturated heterocycles. The van der Waals surface area contributed by atoms with E-state index in [1.54, 1.807) is 7.11 Å². The molecule has 6 rings (SSSR count). The maximum Gasteiger partial charge on any atom is 0.161 e. The lowest BCUT2D eigenvalue weighted by Gasteiger charge is -2.32. The van der Waals surface area contributed by atoms with Crippen molar-refractivity contribution in [3.05, 3.63) is 58.6 Å². The van der Waals surface area contributed by atoms with Crippen LogP contribution >= 0.6 is 11.6 Å². The topological polar surface area (TPSA) is 61.0 Å². The number of benzene rings is 2. The van der Waals surface area contributed by atoms with Crippen molar-refractivity contribution in [1.29, 1.82) is 0 Å². The third-order valence-electron chi connectivity index (χ3n) is 7.28. The molecule has 2 N–H and O–H groups in total. The summed E-state index contributed by atoms with van der Waals surface area (Å²) < 4.78 is 24.5. The highest BCUT2D eigenvalue weighted by atomic mass is 35.5. The summed E-state index contributed by atoms with van der Waals surface area (Å²) in [7, 11) is 1.67. The summed E-state index contributed by atoms with van der Waals surface area (Å²) in [6, 6.07) is 14.8. The van der Waals surface area contributed by atoms with Crippen LogP contribution in [-0.4, -0.2) is 51.6 Å². The van der Waals surface area contributed by atoms with Crippen LogP contribution in [0.5, 0.6) is 11.5 Å². The third-order valence-corrected chi connectivity index (χ3v) is 7.52. The van der Waals surface area contributed by atoms with E-state index in [9.17, 15) is 0 Å². The Morgan fingerprint density at radius 2 is 1.90 bits per heavy atom. The van der Waals surface area contributed by atoms with Gasteiger partial charge in [0.15, 0.2) is 11.5 Å². The van der Waals surface area contributed by atoms with Crippen molar-refractivity contribution in [2.24, 2.45) is 0 Å². The number of methoxy groups -OCH3 is 1. The van der Waals surface area contributed by atoms with Crippen LogP contribution in [0.2, 0.25) is 5.02 Å². The van der Waals surface area contributed by atoms with Crippen LogP contribution in [0, 0.1) is 0 Å². The van der Waals surface area contributed by atoms with E-state index in [-0.39, 0.29) is 23.3 Å². The van der Waals surface area contributed by atoms with Crippen LogP contribution in [0.4, 0.5) is 0 Å². The minimum Gasteiger partial charge on any atom is -0.493 e. The second-order valence-corrected chi connectivity index (χ2v) is 9.55. The molecule has 0 spiro atoms. The monoisotopic (exact) mass is 442 g/mol. The molecular weight excluding hydrogens is 416 g/mol. The van der Waals surface area contributed by atoms with Gasteiger partial charge in [-0.15, -0.1) is 0 Å². The second kappa shape index (κ2) is 7.36. The first kappa shape index (κ1) is 19.8. The Hall–Kier alpha value is -1.83. The molecule has 0 saturated carbocycles. The van der Waals surface area contributed by atoms with Crippen LogP contribution in [0.1, 0.15) is 24.0 Å². The van der Waals surface area contributed by atoms with Crippen molar-refractivity contribution in [1.82, 2.24) is 10.6 Å². The van der Waals surface area contributed by atoms with Crippen molar-refractivity contribution in [3.8, 4) is 11.5 Å². The zero-order valence-corrected chi connectivity index (χ0v) is 18.3. The predicted octanol–water partition coefficient (Wildman–Crippen LogP) is 2.97. The number of hydrogen-bond acceptors (Lipinski definition) is 6. The largest absolute Gasteiger partial charge is 0.493 e. The highest BCUT2D eigenvalue weighted by Gasteiger charge is 2.53. The fourth-order valence-corrected chi connectivity index (χ4v) is 5.81. The Kier molecular flexibility index (Phi) is 4.70. The van der Waals surface area contributed by atoms with Crippen molar-refractivity contribution < 1.29 is 18.9 Å². The van der Waals surface area contributed by atoms with Gasteiger partial charge >= 0.3 is 0 Å². The lowest BCUT2D eigenvalue weighted by atomic mass is 9.92. The van der Waals surface area contributed by atoms with Crippen LogP contribution in [0.25, 0.3) is 0 Å². The molecule has 5 atom stereocenters. The minimum atomic E-state index is -0.337. The fraction of sp³-hybridized carbons (Fsp3) is 0.500. The summed E-state index contributed by atoms with van der Waals surface area (Å²) in [5.74, 6) is 1.46. The van der Waals surface area contributed by atoms with Gasteiger partial charge in [-0.05, 0) is 48.2 Å². The molecule has 4 heterocycles. The maximum atomic E-state index is 6.54. The Bertz CT molecular complexity index is 993. The molecule has 5 unspecified atom stereocenters. The molecule has 4 aliphatic heterocycles. The average molecular weight is 443 g/mol. The van der Waals surface area contributed by atoms with Gasteiger partial charge in [-0.1, -0.05) is 29.8 Å². The van der Waals surface area contributed by atoms with Crippen LogP contribution in [0.15, 0.2) is 42.5 Å². The average Bonchev–Trinajstić information content (AvgIpc) is 3.58. The van der Waals surface area contributed by atoms with Gasteiger partial charge in [-0.25, -0.2) is 0 Å². The summed E-state index contributed by atoms with van der Waals surface area (Å²) in [4.78, 5) is 0. The number of halogens is 1. The quantitative estimate of drug-likeness (QED) is 0.717. The van der Waals surface area contributed by atoms with Crippen LogP contribution in [-0.2, 0) is 20.7 Å². The first-order chi connectivity index (χ1) is 15.1. The number of morpholine rings is 2. The molecule has 0 amide bonds. The van der Waals surface area contributed by atoms with E-state index in [0.717, 1.165) is 60.2 Å². The van der Waals surface area contributed by atoms with E-state index in [0.29, 0.717) is 12.6 Å². The lowest BCUT2D eigenvalue weighted by molar-refractivity contribution is -0.0778. The van der Waals surface area contributed by atoms with Gasteiger partial charge in [0.1, 0.15) is 23.9 Å². The standard InChI is InChI=1S/C24H27ClN2O4/c1-28-20-6-5-16(23-9-18(11-30-23)26-13-23)8-21(20)29-12-22-19-10-24(31-22,14-27-19)15-3-2-4-17(25)7-15/h2-8,18-19,22,26-27H,9-14H2,1H3. The highest BCUT2D eigenvalue weighted by molar-refractivity contribution is 6.30. The Morgan fingerprint density at radius 1 is 1.03 bits per heavy atom. The van der Waals surface area contributed by atoms with Gasteiger partial charge in [0.2, 0.25) is 0 Å². The molecule has 7 heteroatoms. The lowest BCUT2D eigenvalue weighted by Crippen LogP contribution is -2.46. The van der Waals surface area contributed by atoms with E-state index in [1.165, 1.54) is 0 Å². The Labute approximate surface area is 187 Å². The highest BCUT2D eigenvalue weighted by Crippen LogP contribution is 2.45. The summed E-state index contributed by atoms with van der Waals surface area (Å²) in [6.45, 7) is 2.84. The SMILES string of the molecule is COc1ccc(C23CNC(CO2)C3)cc1OCC1OC2(c3cccc(Cl)c3)CNC1C2. The summed E-state index contributed by atoms with van der Waals surface area (Å²) in [6.07, 6.45) is 1.88. The Balaban J connectivity index is 1.20. The van der Waals surface area contributed by atoms with Crippen LogP contribution < -0.4 is 20.1 Å². The molecule has 6 nitrogen and oxygen atoms in total. The molecule has 164 valence electrons. The van der Waals surface area contributed by atoms with Gasteiger partial charge in [-0.2, -0.15) is 0 Å².